The van der Waals surface area contributed by atoms with Crippen LogP contribution in [0.3, 0.4) is 0 Å². The average molecular weight is 1210 g/mol. The maximum atomic E-state index is 13.4. The van der Waals surface area contributed by atoms with E-state index >= 15 is 0 Å². The van der Waals surface area contributed by atoms with Gasteiger partial charge in [-0.25, -0.2) is 0 Å². The van der Waals surface area contributed by atoms with Crippen LogP contribution in [0.5, 0.6) is 0 Å². The highest BCUT2D eigenvalue weighted by atomic mass is 16.7. The summed E-state index contributed by atoms with van der Waals surface area (Å²) >= 11 is 0. The number of hydrogen-bond acceptors (Lipinski definition) is 13. The predicted octanol–water partition coefficient (Wildman–Crippen LogP) is 14.5. The monoisotopic (exact) mass is 1210 g/mol. The lowest BCUT2D eigenvalue weighted by molar-refractivity contribution is -0.359. The van der Waals surface area contributed by atoms with Gasteiger partial charge in [-0.3, -0.25) is 4.79 Å². The fourth-order valence-corrected chi connectivity index (χ4v) is 11.9. The summed E-state index contributed by atoms with van der Waals surface area (Å²) in [4.78, 5) is 13.4. The molecular weight excluding hydrogens is 1070 g/mol. The van der Waals surface area contributed by atoms with Crippen molar-refractivity contribution in [3.05, 3.63) is 36.5 Å². The summed E-state index contributed by atoms with van der Waals surface area (Å²) < 4.78 is 22.9. The number of ether oxygens (including phenoxy) is 4. The third-order valence-electron chi connectivity index (χ3n) is 17.6. The zero-order valence-corrected chi connectivity index (χ0v) is 54.4. The summed E-state index contributed by atoms with van der Waals surface area (Å²) in [7, 11) is 0. The molecule has 2 fully saturated rings. The van der Waals surface area contributed by atoms with Crippen LogP contribution in [-0.4, -0.2) is 140 Å². The first-order valence-corrected chi connectivity index (χ1v) is 35.7. The van der Waals surface area contributed by atoms with E-state index in [4.69, 9.17) is 18.9 Å². The van der Waals surface area contributed by atoms with Gasteiger partial charge in [0, 0.05) is 6.42 Å². The SMILES string of the molecule is CCCCCCC/C=C\C/C=C\C/C=C\CCCCCCCCCCCCC(=O)NC(COC1OC(CO)C(OC2OC(CO)C(O)C(O)C2O)C(O)C1O)C(O)CCCCCCCCCCCCCCCCCCCCCCCCCCCC. The Morgan fingerprint density at radius 3 is 1.19 bits per heavy atom. The van der Waals surface area contributed by atoms with E-state index in [2.05, 4.69) is 55.6 Å². The Bertz CT molecular complexity index is 1560. The quantitative estimate of drug-likeness (QED) is 0.0204. The fourth-order valence-electron chi connectivity index (χ4n) is 11.9. The van der Waals surface area contributed by atoms with Gasteiger partial charge >= 0.3 is 0 Å². The second-order valence-electron chi connectivity index (χ2n) is 25.4. The van der Waals surface area contributed by atoms with Crippen molar-refractivity contribution < 1.29 is 64.6 Å². The highest BCUT2D eigenvalue weighted by Crippen LogP contribution is 2.30. The molecule has 14 nitrogen and oxygen atoms in total. The van der Waals surface area contributed by atoms with E-state index in [-0.39, 0.29) is 12.5 Å². The number of carbonyl (C=O) groups is 1. The van der Waals surface area contributed by atoms with E-state index in [1.165, 1.54) is 218 Å². The van der Waals surface area contributed by atoms with Gasteiger partial charge in [0.05, 0.1) is 32.0 Å². The Morgan fingerprint density at radius 2 is 0.776 bits per heavy atom. The van der Waals surface area contributed by atoms with E-state index in [9.17, 15) is 45.6 Å². The summed E-state index contributed by atoms with van der Waals surface area (Å²) in [5, 5.41) is 87.7. The standard InChI is InChI=1S/C71H133NO13/c1-3-5-7-9-11-13-15-17-19-21-23-25-27-29-31-32-34-36-38-40-42-44-46-48-50-52-54-60(75)59(58-82-70-68(81)66(79)69(62(57-74)84-70)85-71-67(80)65(78)64(77)61(56-73)83-71)72-63(76)55-53-51-49-47-45-43-41-39-37-35-33-30-28-26-24-22-20-18-16-14-12-10-8-6-4-2/h16,18,22,24,28,30,59-62,64-71,73-75,77-81H,3-15,17,19-21,23,25-27,29,31-58H2,1-2H3,(H,72,76)/b18-16-,24-22-,30-28-. The van der Waals surface area contributed by atoms with Crippen molar-refractivity contribution in [1.82, 2.24) is 5.32 Å². The highest BCUT2D eigenvalue weighted by molar-refractivity contribution is 5.76. The average Bonchev–Trinajstić information content (AvgIpc) is 3.29. The molecule has 2 aliphatic rings. The Balaban J connectivity index is 1.67. The summed E-state index contributed by atoms with van der Waals surface area (Å²) in [6.07, 6.45) is 54.4. The molecule has 2 aliphatic heterocycles. The molecule has 9 N–H and O–H groups in total. The van der Waals surface area contributed by atoms with Crippen molar-refractivity contribution in [1.29, 1.82) is 0 Å². The number of carbonyl (C=O) groups excluding carboxylic acids is 1. The van der Waals surface area contributed by atoms with Gasteiger partial charge in [0.25, 0.3) is 0 Å². The third-order valence-corrected chi connectivity index (χ3v) is 17.6. The zero-order valence-electron chi connectivity index (χ0n) is 54.4. The number of unbranched alkanes of at least 4 members (excludes halogenated alkanes) is 40. The van der Waals surface area contributed by atoms with Gasteiger partial charge in [0.1, 0.15) is 48.8 Å². The van der Waals surface area contributed by atoms with Gasteiger partial charge in [-0.05, 0) is 51.4 Å². The first kappa shape index (κ1) is 79.3. The molecule has 2 rings (SSSR count). The molecule has 0 aromatic carbocycles. The molecule has 2 heterocycles. The van der Waals surface area contributed by atoms with Gasteiger partial charge < -0.3 is 65.1 Å². The van der Waals surface area contributed by atoms with Crippen LogP contribution in [0.25, 0.3) is 0 Å². The van der Waals surface area contributed by atoms with Crippen LogP contribution in [0, 0.1) is 0 Å². The molecule has 12 atom stereocenters. The van der Waals surface area contributed by atoms with Gasteiger partial charge in [0.15, 0.2) is 12.6 Å². The Morgan fingerprint density at radius 1 is 0.424 bits per heavy atom. The maximum absolute atomic E-state index is 13.4. The van der Waals surface area contributed by atoms with E-state index in [0.29, 0.717) is 12.8 Å². The normalized spacial score (nSPS) is 23.7. The molecule has 0 bridgehead atoms. The Hall–Kier alpha value is -1.79. The second-order valence-corrected chi connectivity index (χ2v) is 25.4. The van der Waals surface area contributed by atoms with Crippen LogP contribution in [-0.2, 0) is 23.7 Å². The van der Waals surface area contributed by atoms with Crippen LogP contribution in [0.1, 0.15) is 316 Å². The third kappa shape index (κ3) is 40.5. The molecule has 2 saturated heterocycles. The Labute approximate surface area is 519 Å². The minimum atomic E-state index is -1.78. The number of rotatable bonds is 59. The van der Waals surface area contributed by atoms with Gasteiger partial charge in [-0.15, -0.1) is 0 Å². The summed E-state index contributed by atoms with van der Waals surface area (Å²) in [6, 6.07) is -0.833. The minimum absolute atomic E-state index is 0.207. The van der Waals surface area contributed by atoms with Crippen molar-refractivity contribution in [3.63, 3.8) is 0 Å². The number of allylic oxidation sites excluding steroid dienone is 6. The fraction of sp³-hybridized carbons (Fsp3) is 0.901. The number of aliphatic hydroxyl groups is 8. The molecule has 0 saturated carbocycles. The molecule has 0 aromatic heterocycles. The second kappa shape index (κ2) is 56.2. The molecule has 0 aromatic rings. The molecule has 500 valence electrons. The molecule has 12 unspecified atom stereocenters. The first-order valence-electron chi connectivity index (χ1n) is 35.7. The maximum Gasteiger partial charge on any atom is 0.220 e. The lowest BCUT2D eigenvalue weighted by Crippen LogP contribution is -2.65. The Kier molecular flexibility index (Phi) is 52.4. The van der Waals surface area contributed by atoms with E-state index in [1.807, 2.05) is 0 Å². The molecule has 85 heavy (non-hydrogen) atoms. The van der Waals surface area contributed by atoms with Gasteiger partial charge in [0.2, 0.25) is 5.91 Å². The molecule has 0 aliphatic carbocycles. The molecule has 0 radical (unpaired) electrons. The minimum Gasteiger partial charge on any atom is -0.394 e. The van der Waals surface area contributed by atoms with Gasteiger partial charge in [-0.1, -0.05) is 294 Å². The smallest absolute Gasteiger partial charge is 0.220 e. The zero-order chi connectivity index (χ0) is 61.6. The molecule has 14 heteroatoms. The van der Waals surface area contributed by atoms with Crippen LogP contribution in [0.15, 0.2) is 36.5 Å². The lowest BCUT2D eigenvalue weighted by atomic mass is 9.97. The number of amides is 1. The number of aliphatic hydroxyl groups excluding tert-OH is 8. The van der Waals surface area contributed by atoms with E-state index in [1.54, 1.807) is 0 Å². The number of nitrogens with one attached hydrogen (secondary N) is 1. The molecular formula is C71H133NO13. The summed E-state index contributed by atoms with van der Waals surface area (Å²) in [5.74, 6) is -0.207. The van der Waals surface area contributed by atoms with Crippen LogP contribution in [0.2, 0.25) is 0 Å². The van der Waals surface area contributed by atoms with Crippen molar-refractivity contribution in [2.75, 3.05) is 19.8 Å². The van der Waals surface area contributed by atoms with Crippen molar-refractivity contribution in [2.45, 2.75) is 389 Å². The van der Waals surface area contributed by atoms with Crippen LogP contribution >= 0.6 is 0 Å². The summed E-state index contributed by atoms with van der Waals surface area (Å²) in [5.41, 5.74) is 0. The van der Waals surface area contributed by atoms with Crippen LogP contribution < -0.4 is 5.32 Å². The largest absolute Gasteiger partial charge is 0.394 e. The van der Waals surface area contributed by atoms with Gasteiger partial charge in [-0.2, -0.15) is 0 Å². The molecule has 1 amide bonds. The topological polar surface area (TPSA) is 228 Å². The van der Waals surface area contributed by atoms with Crippen molar-refractivity contribution in [3.8, 4) is 0 Å². The van der Waals surface area contributed by atoms with Crippen molar-refractivity contribution >= 4 is 5.91 Å². The predicted molar refractivity (Wildman–Crippen MR) is 346 cm³/mol. The van der Waals surface area contributed by atoms with Crippen LogP contribution in [0.4, 0.5) is 0 Å². The van der Waals surface area contributed by atoms with E-state index in [0.717, 1.165) is 70.6 Å². The van der Waals surface area contributed by atoms with E-state index < -0.39 is 86.8 Å². The lowest BCUT2D eigenvalue weighted by Gasteiger charge is -2.46. The summed E-state index contributed by atoms with van der Waals surface area (Å²) in [6.45, 7) is 2.89. The number of hydrogen-bond donors (Lipinski definition) is 9. The molecule has 0 spiro atoms. The highest BCUT2D eigenvalue weighted by Gasteiger charge is 2.51. The van der Waals surface area contributed by atoms with Crippen molar-refractivity contribution in [2.24, 2.45) is 0 Å². The first-order chi connectivity index (χ1) is 41.6.